The molecule has 0 aliphatic heterocycles. The van der Waals surface area contributed by atoms with Gasteiger partial charge in [-0.05, 0) is 12.3 Å². The highest BCUT2D eigenvalue weighted by Gasteiger charge is 2.49. The summed E-state index contributed by atoms with van der Waals surface area (Å²) in [6.45, 7) is 3.00. The van der Waals surface area contributed by atoms with Gasteiger partial charge in [-0.25, -0.2) is 0 Å². The molecule has 0 rings (SSSR count). The molecule has 0 unspecified atom stereocenters. The molecule has 6 heteroatoms. The molecule has 0 bridgehead atoms. The quantitative estimate of drug-likeness (QED) is 0.517. The van der Waals surface area contributed by atoms with Gasteiger partial charge in [-0.2, -0.15) is 0 Å². The van der Waals surface area contributed by atoms with Gasteiger partial charge in [0.25, 0.3) is 0 Å². The van der Waals surface area contributed by atoms with Crippen molar-refractivity contribution < 1.29 is 29.3 Å². The topological polar surface area (TPSA) is 101 Å². The average Bonchev–Trinajstić information content (AvgIpc) is 2.16. The second-order valence-electron chi connectivity index (χ2n) is 3.81. The summed E-state index contributed by atoms with van der Waals surface area (Å²) in [6, 6.07) is 0. The van der Waals surface area contributed by atoms with Gasteiger partial charge in [0.2, 0.25) is 0 Å². The van der Waals surface area contributed by atoms with Crippen LogP contribution in [0.15, 0.2) is 0 Å². The Hall–Kier alpha value is -1.59. The molecule has 0 heterocycles. The van der Waals surface area contributed by atoms with Crippen LogP contribution in [0.2, 0.25) is 0 Å². The molecule has 0 aromatic rings. The molecular weight excluding hydrogens is 216 g/mol. The maximum atomic E-state index is 11.1. The van der Waals surface area contributed by atoms with E-state index in [1.54, 1.807) is 0 Å². The Balaban J connectivity index is 4.99. The Morgan fingerprint density at radius 1 is 1.19 bits per heavy atom. The molecule has 0 spiro atoms. The summed E-state index contributed by atoms with van der Waals surface area (Å²) in [6.07, 6.45) is -0.505. The van der Waals surface area contributed by atoms with E-state index in [1.165, 1.54) is 21.0 Å². The number of rotatable bonds is 6. The third-order valence-corrected chi connectivity index (χ3v) is 2.70. The van der Waals surface area contributed by atoms with E-state index < -0.39 is 29.2 Å². The second-order valence-corrected chi connectivity index (χ2v) is 3.81. The Morgan fingerprint density at radius 2 is 1.62 bits per heavy atom. The molecule has 92 valence electrons. The van der Waals surface area contributed by atoms with E-state index in [-0.39, 0.29) is 12.8 Å². The van der Waals surface area contributed by atoms with Gasteiger partial charge in [-0.1, -0.05) is 13.8 Å². The number of carboxylic acid groups (broad SMARTS) is 2. The van der Waals surface area contributed by atoms with E-state index in [4.69, 9.17) is 10.2 Å². The lowest BCUT2D eigenvalue weighted by Crippen LogP contribution is -2.44. The average molecular weight is 232 g/mol. The Labute approximate surface area is 93.2 Å². The minimum atomic E-state index is -1.94. The van der Waals surface area contributed by atoms with Crippen molar-refractivity contribution >= 4 is 17.9 Å². The van der Waals surface area contributed by atoms with Gasteiger partial charge in [0, 0.05) is 6.42 Å². The number of carboxylic acids is 2. The molecule has 6 nitrogen and oxygen atoms in total. The van der Waals surface area contributed by atoms with E-state index in [0.29, 0.717) is 0 Å². The van der Waals surface area contributed by atoms with Crippen LogP contribution in [0.1, 0.15) is 26.7 Å². The number of carbonyl (C=O) groups excluding carboxylic acids is 1. The highest BCUT2D eigenvalue weighted by atomic mass is 16.5. The summed E-state index contributed by atoms with van der Waals surface area (Å²) >= 11 is 0. The van der Waals surface area contributed by atoms with Crippen LogP contribution in [0.5, 0.6) is 0 Å². The zero-order valence-electron chi connectivity index (χ0n) is 9.52. The zero-order chi connectivity index (χ0) is 12.9. The minimum absolute atomic E-state index is 0.229. The molecule has 0 atom stereocenters. The summed E-state index contributed by atoms with van der Waals surface area (Å²) in [7, 11) is 1.17. The fourth-order valence-corrected chi connectivity index (χ4v) is 1.49. The van der Waals surface area contributed by atoms with Crippen molar-refractivity contribution in [2.75, 3.05) is 7.11 Å². The molecule has 0 aliphatic carbocycles. The van der Waals surface area contributed by atoms with Crippen LogP contribution in [0, 0.1) is 11.3 Å². The summed E-state index contributed by atoms with van der Waals surface area (Å²) in [5.74, 6) is -4.10. The number of aliphatic carboxylic acids is 2. The fourth-order valence-electron chi connectivity index (χ4n) is 1.49. The Bertz CT molecular complexity index is 280. The smallest absolute Gasteiger partial charge is 0.321 e. The number of hydrogen-bond acceptors (Lipinski definition) is 4. The number of ether oxygens (including phenoxy) is 1. The predicted octanol–water partition coefficient (Wildman–Crippen LogP) is 0.751. The van der Waals surface area contributed by atoms with Gasteiger partial charge in [0.05, 0.1) is 7.11 Å². The van der Waals surface area contributed by atoms with Crippen LogP contribution in [-0.2, 0) is 19.1 Å². The van der Waals surface area contributed by atoms with Crippen LogP contribution in [0.25, 0.3) is 0 Å². The molecule has 0 aromatic carbocycles. The number of methoxy groups -OCH3 is 1. The van der Waals surface area contributed by atoms with Gasteiger partial charge < -0.3 is 14.9 Å². The van der Waals surface area contributed by atoms with Crippen molar-refractivity contribution in [2.24, 2.45) is 11.3 Å². The monoisotopic (exact) mass is 232 g/mol. The van der Waals surface area contributed by atoms with Gasteiger partial charge in [-0.3, -0.25) is 14.4 Å². The normalized spacial score (nSPS) is 11.2. The number of esters is 1. The predicted molar refractivity (Wildman–Crippen MR) is 53.8 cm³/mol. The zero-order valence-corrected chi connectivity index (χ0v) is 9.52. The van der Waals surface area contributed by atoms with Gasteiger partial charge in [-0.15, -0.1) is 0 Å². The van der Waals surface area contributed by atoms with Crippen LogP contribution in [-0.4, -0.2) is 35.2 Å². The molecule has 0 saturated heterocycles. The van der Waals surface area contributed by atoms with E-state index in [9.17, 15) is 14.4 Å². The number of carbonyl (C=O) groups is 3. The van der Waals surface area contributed by atoms with Gasteiger partial charge in [0.1, 0.15) is 0 Å². The maximum absolute atomic E-state index is 11.1. The van der Waals surface area contributed by atoms with Crippen molar-refractivity contribution in [1.82, 2.24) is 0 Å². The first-order valence-electron chi connectivity index (χ1n) is 4.82. The third kappa shape index (κ3) is 2.71. The first kappa shape index (κ1) is 14.4. The van der Waals surface area contributed by atoms with Crippen molar-refractivity contribution in [1.29, 1.82) is 0 Å². The standard InChI is InChI=1S/C10H16O6/c1-6(2)10(8(12)13,9(14)15)5-4-7(11)16-3/h6H,4-5H2,1-3H3,(H,12,13)(H,14,15). The maximum Gasteiger partial charge on any atom is 0.321 e. The first-order valence-corrected chi connectivity index (χ1v) is 4.82. The lowest BCUT2D eigenvalue weighted by atomic mass is 9.73. The molecule has 0 fully saturated rings. The molecule has 0 aliphatic rings. The largest absolute Gasteiger partial charge is 0.480 e. The van der Waals surface area contributed by atoms with Crippen LogP contribution in [0.3, 0.4) is 0 Å². The molecule has 0 saturated carbocycles. The second kappa shape index (κ2) is 5.48. The van der Waals surface area contributed by atoms with E-state index in [0.717, 1.165) is 0 Å². The highest BCUT2D eigenvalue weighted by molar-refractivity contribution is 5.98. The lowest BCUT2D eigenvalue weighted by Gasteiger charge is -2.28. The molecular formula is C10H16O6. The van der Waals surface area contributed by atoms with Crippen molar-refractivity contribution in [3.63, 3.8) is 0 Å². The van der Waals surface area contributed by atoms with Crippen LogP contribution in [0.4, 0.5) is 0 Å². The van der Waals surface area contributed by atoms with Crippen molar-refractivity contribution in [3.8, 4) is 0 Å². The SMILES string of the molecule is COC(=O)CCC(C(=O)O)(C(=O)O)C(C)C. The van der Waals surface area contributed by atoms with E-state index >= 15 is 0 Å². The van der Waals surface area contributed by atoms with E-state index in [1.807, 2.05) is 0 Å². The summed E-state index contributed by atoms with van der Waals surface area (Å²) in [4.78, 5) is 33.1. The van der Waals surface area contributed by atoms with Crippen molar-refractivity contribution in [3.05, 3.63) is 0 Å². The van der Waals surface area contributed by atoms with Crippen LogP contribution < -0.4 is 0 Å². The Morgan fingerprint density at radius 3 is 1.88 bits per heavy atom. The van der Waals surface area contributed by atoms with Gasteiger partial charge in [0.15, 0.2) is 5.41 Å². The molecule has 0 aromatic heterocycles. The molecule has 0 amide bonds. The van der Waals surface area contributed by atoms with E-state index in [2.05, 4.69) is 4.74 Å². The van der Waals surface area contributed by atoms with Gasteiger partial charge >= 0.3 is 17.9 Å². The molecule has 2 N–H and O–H groups in total. The lowest BCUT2D eigenvalue weighted by molar-refractivity contribution is -0.169. The summed E-state index contributed by atoms with van der Waals surface area (Å²) in [5.41, 5.74) is -1.94. The van der Waals surface area contributed by atoms with Crippen LogP contribution >= 0.6 is 0 Å². The highest BCUT2D eigenvalue weighted by Crippen LogP contribution is 2.34. The fraction of sp³-hybridized carbons (Fsp3) is 0.700. The third-order valence-electron chi connectivity index (χ3n) is 2.70. The summed E-state index contributed by atoms with van der Waals surface area (Å²) in [5, 5.41) is 18.0. The Kier molecular flexibility index (Phi) is 4.94. The number of hydrogen-bond donors (Lipinski definition) is 2. The summed E-state index contributed by atoms with van der Waals surface area (Å²) < 4.78 is 4.36. The van der Waals surface area contributed by atoms with Crippen molar-refractivity contribution in [2.45, 2.75) is 26.7 Å². The minimum Gasteiger partial charge on any atom is -0.480 e. The molecule has 0 radical (unpaired) electrons. The first-order chi connectivity index (χ1) is 7.28. The molecule has 16 heavy (non-hydrogen) atoms.